The summed E-state index contributed by atoms with van der Waals surface area (Å²) >= 11 is 0. The van der Waals surface area contributed by atoms with Gasteiger partial charge in [0.2, 0.25) is 11.8 Å². The van der Waals surface area contributed by atoms with E-state index in [4.69, 9.17) is 5.26 Å². The Hall–Kier alpha value is -1.65. The summed E-state index contributed by atoms with van der Waals surface area (Å²) in [7, 11) is 3.93. The van der Waals surface area contributed by atoms with E-state index in [0.717, 1.165) is 6.54 Å². The smallest absolute Gasteiger partial charge is 0.244 e. The van der Waals surface area contributed by atoms with Crippen LogP contribution in [0.3, 0.4) is 0 Å². The highest BCUT2D eigenvalue weighted by molar-refractivity contribution is 5.88. The fourth-order valence-corrected chi connectivity index (χ4v) is 3.50. The van der Waals surface area contributed by atoms with E-state index < -0.39 is 5.54 Å². The van der Waals surface area contributed by atoms with Crippen molar-refractivity contribution in [1.82, 2.24) is 19.6 Å². The predicted molar refractivity (Wildman–Crippen MR) is 91.1 cm³/mol. The van der Waals surface area contributed by atoms with Crippen molar-refractivity contribution in [2.45, 2.75) is 38.3 Å². The third-order valence-electron chi connectivity index (χ3n) is 5.59. The highest BCUT2D eigenvalue weighted by Crippen LogP contribution is 2.32. The summed E-state index contributed by atoms with van der Waals surface area (Å²) in [6, 6.07) is 2.41. The van der Waals surface area contributed by atoms with Crippen LogP contribution in [0.5, 0.6) is 0 Å². The number of nitriles is 1. The van der Waals surface area contributed by atoms with Gasteiger partial charge in [0, 0.05) is 32.2 Å². The van der Waals surface area contributed by atoms with E-state index >= 15 is 0 Å². The van der Waals surface area contributed by atoms with E-state index in [9.17, 15) is 9.59 Å². The van der Waals surface area contributed by atoms with Gasteiger partial charge in [-0.15, -0.1) is 0 Å². The number of carbonyl (C=O) groups is 2. The molecule has 134 valence electrons. The molecule has 0 aliphatic carbocycles. The predicted octanol–water partition coefficient (Wildman–Crippen LogP) is -0.0146. The number of hydrogen-bond donors (Lipinski definition) is 0. The van der Waals surface area contributed by atoms with Crippen LogP contribution in [0.4, 0.5) is 0 Å². The average Bonchev–Trinajstić information content (AvgIpc) is 2.56. The van der Waals surface area contributed by atoms with Crippen molar-refractivity contribution in [2.75, 3.05) is 53.4 Å². The monoisotopic (exact) mass is 335 g/mol. The van der Waals surface area contributed by atoms with Crippen LogP contribution in [0, 0.1) is 11.3 Å². The van der Waals surface area contributed by atoms with Gasteiger partial charge in [-0.05, 0) is 40.8 Å². The summed E-state index contributed by atoms with van der Waals surface area (Å²) < 4.78 is 0. The van der Waals surface area contributed by atoms with Gasteiger partial charge in [-0.25, -0.2) is 0 Å². The van der Waals surface area contributed by atoms with Crippen molar-refractivity contribution in [3.63, 3.8) is 0 Å². The van der Waals surface area contributed by atoms with Crippen LogP contribution in [-0.4, -0.2) is 96.4 Å². The fourth-order valence-electron chi connectivity index (χ4n) is 3.50. The van der Waals surface area contributed by atoms with Gasteiger partial charge >= 0.3 is 0 Å². The molecule has 0 N–H and O–H groups in total. The number of nitrogens with zero attached hydrogens (tertiary/aromatic N) is 5. The number of likely N-dealkylation sites (tertiary alicyclic amines) is 1. The molecule has 0 aromatic heterocycles. The van der Waals surface area contributed by atoms with Crippen LogP contribution in [0.2, 0.25) is 0 Å². The maximum absolute atomic E-state index is 12.9. The standard InChI is InChI=1S/C17H29N5O2/c1-14(2)19(3)13-15(23)21-8-5-17(6-9-21)16(24)22(10-7-18)12-11-20(17)4/h14H,5-6,8-13H2,1-4H3. The number of rotatable bonds is 4. The Balaban J connectivity index is 2.00. The second kappa shape index (κ2) is 7.49. The molecular formula is C17H29N5O2. The molecule has 2 heterocycles. The van der Waals surface area contributed by atoms with Gasteiger partial charge < -0.3 is 9.80 Å². The Bertz CT molecular complexity index is 520. The second-order valence-corrected chi connectivity index (χ2v) is 7.23. The van der Waals surface area contributed by atoms with Crippen molar-refractivity contribution in [3.8, 4) is 6.07 Å². The molecule has 0 saturated carbocycles. The van der Waals surface area contributed by atoms with Crippen molar-refractivity contribution in [2.24, 2.45) is 0 Å². The quantitative estimate of drug-likeness (QED) is 0.676. The highest BCUT2D eigenvalue weighted by atomic mass is 16.2. The van der Waals surface area contributed by atoms with Crippen LogP contribution >= 0.6 is 0 Å². The SMILES string of the molecule is CC(C)N(C)CC(=O)N1CCC2(CC1)C(=O)N(CC#N)CCN2C. The van der Waals surface area contributed by atoms with Crippen molar-refractivity contribution in [1.29, 1.82) is 5.26 Å². The van der Waals surface area contributed by atoms with E-state index in [1.807, 2.05) is 23.9 Å². The summed E-state index contributed by atoms with van der Waals surface area (Å²) in [6.07, 6.45) is 1.28. The van der Waals surface area contributed by atoms with E-state index in [-0.39, 0.29) is 18.4 Å². The van der Waals surface area contributed by atoms with Crippen LogP contribution in [0.1, 0.15) is 26.7 Å². The Kier molecular flexibility index (Phi) is 5.83. The minimum atomic E-state index is -0.546. The number of likely N-dealkylation sites (N-methyl/N-ethyl adjacent to an activating group) is 2. The molecule has 2 aliphatic heterocycles. The molecule has 2 amide bonds. The third-order valence-corrected chi connectivity index (χ3v) is 5.59. The molecule has 0 aromatic rings. The van der Waals surface area contributed by atoms with Gasteiger partial charge in [-0.2, -0.15) is 5.26 Å². The molecule has 0 atom stereocenters. The Morgan fingerprint density at radius 3 is 2.46 bits per heavy atom. The number of piperidine rings is 1. The zero-order chi connectivity index (χ0) is 17.9. The van der Waals surface area contributed by atoms with E-state index in [1.165, 1.54) is 0 Å². The van der Waals surface area contributed by atoms with Gasteiger partial charge in [-0.1, -0.05) is 0 Å². The number of carbonyl (C=O) groups excluding carboxylic acids is 2. The first-order chi connectivity index (χ1) is 11.3. The lowest BCUT2D eigenvalue weighted by molar-refractivity contribution is -0.156. The molecule has 0 bridgehead atoms. The van der Waals surface area contributed by atoms with Crippen molar-refractivity contribution < 1.29 is 9.59 Å². The van der Waals surface area contributed by atoms with Gasteiger partial charge in [0.15, 0.2) is 0 Å². The van der Waals surface area contributed by atoms with Crippen LogP contribution in [0.15, 0.2) is 0 Å². The highest BCUT2D eigenvalue weighted by Gasteiger charge is 2.49. The fraction of sp³-hybridized carbons (Fsp3) is 0.824. The van der Waals surface area contributed by atoms with E-state index in [0.29, 0.717) is 45.1 Å². The molecular weight excluding hydrogens is 306 g/mol. The number of piperazine rings is 1. The van der Waals surface area contributed by atoms with Crippen LogP contribution < -0.4 is 0 Å². The summed E-state index contributed by atoms with van der Waals surface area (Å²) in [5, 5.41) is 8.92. The van der Waals surface area contributed by atoms with Crippen LogP contribution in [0.25, 0.3) is 0 Å². The van der Waals surface area contributed by atoms with Gasteiger partial charge in [-0.3, -0.25) is 19.4 Å². The largest absolute Gasteiger partial charge is 0.341 e. The molecule has 2 aliphatic rings. The lowest BCUT2D eigenvalue weighted by Crippen LogP contribution is -2.68. The Morgan fingerprint density at radius 1 is 1.29 bits per heavy atom. The summed E-state index contributed by atoms with van der Waals surface area (Å²) in [5.74, 6) is 0.171. The van der Waals surface area contributed by atoms with Crippen molar-refractivity contribution in [3.05, 3.63) is 0 Å². The molecule has 0 radical (unpaired) electrons. The second-order valence-electron chi connectivity index (χ2n) is 7.23. The molecule has 0 unspecified atom stereocenters. The number of amides is 2. The molecule has 24 heavy (non-hydrogen) atoms. The molecule has 2 fully saturated rings. The van der Waals surface area contributed by atoms with Gasteiger partial charge in [0.25, 0.3) is 0 Å². The van der Waals surface area contributed by atoms with Crippen molar-refractivity contribution >= 4 is 11.8 Å². The Labute approximate surface area is 144 Å². The molecule has 2 saturated heterocycles. The number of hydrogen-bond acceptors (Lipinski definition) is 5. The zero-order valence-corrected chi connectivity index (χ0v) is 15.3. The lowest BCUT2D eigenvalue weighted by atomic mass is 9.82. The molecule has 7 heteroatoms. The zero-order valence-electron chi connectivity index (χ0n) is 15.3. The first-order valence-corrected chi connectivity index (χ1v) is 8.67. The average molecular weight is 335 g/mol. The molecule has 0 aromatic carbocycles. The van der Waals surface area contributed by atoms with Gasteiger partial charge in [0.1, 0.15) is 12.1 Å². The third kappa shape index (κ3) is 3.55. The molecule has 1 spiro atoms. The lowest BCUT2D eigenvalue weighted by Gasteiger charge is -2.51. The molecule has 7 nitrogen and oxygen atoms in total. The summed E-state index contributed by atoms with van der Waals surface area (Å²) in [4.78, 5) is 33.0. The van der Waals surface area contributed by atoms with Crippen LogP contribution in [-0.2, 0) is 9.59 Å². The first-order valence-electron chi connectivity index (χ1n) is 8.67. The topological polar surface area (TPSA) is 70.9 Å². The molecule has 2 rings (SSSR count). The minimum absolute atomic E-state index is 0.0456. The summed E-state index contributed by atoms with van der Waals surface area (Å²) in [5.41, 5.74) is -0.546. The van der Waals surface area contributed by atoms with Gasteiger partial charge in [0.05, 0.1) is 12.6 Å². The minimum Gasteiger partial charge on any atom is -0.341 e. The van der Waals surface area contributed by atoms with E-state index in [1.54, 1.807) is 4.90 Å². The maximum atomic E-state index is 12.9. The normalized spacial score (nSPS) is 21.6. The summed E-state index contributed by atoms with van der Waals surface area (Å²) in [6.45, 7) is 7.27. The first kappa shape index (κ1) is 18.7. The van der Waals surface area contributed by atoms with E-state index in [2.05, 4.69) is 24.8 Å². The maximum Gasteiger partial charge on any atom is 0.244 e. The Morgan fingerprint density at radius 2 is 1.92 bits per heavy atom.